The number of hydrogen-bond acceptors (Lipinski definition) is 5. The fourth-order valence-electron chi connectivity index (χ4n) is 3.78. The second-order valence-electron chi connectivity index (χ2n) is 8.75. The highest BCUT2D eigenvalue weighted by molar-refractivity contribution is 6.04. The molecule has 3 rings (SSSR count). The van der Waals surface area contributed by atoms with Crippen LogP contribution in [0, 0.1) is 0 Å². The number of pyridine rings is 1. The molecule has 0 saturated carbocycles. The topological polar surface area (TPSA) is 100 Å². The Balaban J connectivity index is 1.64. The van der Waals surface area contributed by atoms with Crippen molar-refractivity contribution in [2.24, 2.45) is 0 Å². The molecule has 1 aromatic heterocycles. The third-order valence-corrected chi connectivity index (χ3v) is 5.78. The number of carboxylic acids is 1. The number of nitrogens with zero attached hydrogens (tertiary/aromatic N) is 3. The van der Waals surface area contributed by atoms with Gasteiger partial charge in [0.25, 0.3) is 5.91 Å². The van der Waals surface area contributed by atoms with Gasteiger partial charge in [0, 0.05) is 25.5 Å². The molecule has 8 nitrogen and oxygen atoms in total. The average molecular weight is 466 g/mol. The molecule has 1 aliphatic rings. The van der Waals surface area contributed by atoms with E-state index in [-0.39, 0.29) is 18.5 Å². The van der Waals surface area contributed by atoms with Gasteiger partial charge in [-0.25, -0.2) is 9.59 Å². The maximum Gasteiger partial charge on any atom is 0.347 e. The minimum atomic E-state index is -1.31. The molecule has 0 spiro atoms. The third kappa shape index (κ3) is 6.01. The first-order chi connectivity index (χ1) is 16.2. The normalized spacial score (nSPS) is 16.5. The van der Waals surface area contributed by atoms with Gasteiger partial charge in [-0.05, 0) is 75.4 Å². The molecule has 1 fully saturated rings. The van der Waals surface area contributed by atoms with Crippen LogP contribution in [-0.4, -0.2) is 56.0 Å². The molecule has 2 aromatic rings. The van der Waals surface area contributed by atoms with E-state index in [1.54, 1.807) is 35.5 Å². The number of carbonyl (C=O) groups excluding carboxylic acids is 2. The van der Waals surface area contributed by atoms with Gasteiger partial charge in [-0.15, -0.1) is 0 Å². The zero-order valence-corrected chi connectivity index (χ0v) is 19.8. The summed E-state index contributed by atoms with van der Waals surface area (Å²) >= 11 is 0. The summed E-state index contributed by atoms with van der Waals surface area (Å²) in [5, 5.41) is 9.21. The molecule has 3 amide bonds. The zero-order chi connectivity index (χ0) is 24.7. The molecular weight excluding hydrogens is 434 g/mol. The van der Waals surface area contributed by atoms with E-state index >= 15 is 0 Å². The molecule has 2 heterocycles. The molecule has 180 valence electrons. The van der Waals surface area contributed by atoms with Crippen molar-refractivity contribution >= 4 is 17.9 Å². The highest BCUT2D eigenvalue weighted by atomic mass is 16.5. The van der Waals surface area contributed by atoms with Gasteiger partial charge in [-0.1, -0.05) is 24.3 Å². The molecule has 0 bridgehead atoms. The Labute approximate surface area is 199 Å². The molecule has 0 radical (unpaired) electrons. The van der Waals surface area contributed by atoms with E-state index in [0.717, 1.165) is 24.0 Å². The van der Waals surface area contributed by atoms with Gasteiger partial charge in [-0.2, -0.15) is 0 Å². The molecule has 1 unspecified atom stereocenters. The first-order valence-corrected chi connectivity index (χ1v) is 11.4. The van der Waals surface area contributed by atoms with Crippen molar-refractivity contribution in [1.29, 1.82) is 0 Å². The molecule has 8 heteroatoms. The first kappa shape index (κ1) is 25.0. The van der Waals surface area contributed by atoms with E-state index in [1.165, 1.54) is 18.7 Å². The lowest BCUT2D eigenvalue weighted by Gasteiger charge is -2.22. The van der Waals surface area contributed by atoms with Crippen LogP contribution in [0.4, 0.5) is 4.79 Å². The number of aryl methyl sites for hydroxylation is 1. The lowest BCUT2D eigenvalue weighted by Crippen LogP contribution is -2.37. The largest absolute Gasteiger partial charge is 0.478 e. The number of aromatic nitrogens is 1. The van der Waals surface area contributed by atoms with Gasteiger partial charge in [-0.3, -0.25) is 14.7 Å². The Morgan fingerprint density at radius 3 is 2.41 bits per heavy atom. The Hall–Kier alpha value is -3.68. The summed E-state index contributed by atoms with van der Waals surface area (Å²) in [5.74, 6) is -0.722. The number of urea groups is 1. The summed E-state index contributed by atoms with van der Waals surface area (Å²) < 4.78 is 5.54. The molecule has 1 N–H and O–H groups in total. The van der Waals surface area contributed by atoms with Crippen LogP contribution < -0.4 is 4.74 Å². The van der Waals surface area contributed by atoms with Crippen LogP contribution in [0.1, 0.15) is 44.7 Å². The Morgan fingerprint density at radius 1 is 1.12 bits per heavy atom. The Bertz CT molecular complexity index is 1030. The molecule has 1 saturated heterocycles. The van der Waals surface area contributed by atoms with Crippen molar-refractivity contribution in [1.82, 2.24) is 14.8 Å². The maximum absolute atomic E-state index is 13.0. The standard InChI is InChI=1S/C26H31N3O5/c1-4-5-17-28-23(30)22(29(25(28)33)18-20-13-15-27-16-14-20)8-6-7-19-9-11-21(12-10-19)34-26(2,3)24(31)32/h4-5,9-16,22H,6-8,17-18H2,1-3H3,(H,31,32)/b5-4+. The monoisotopic (exact) mass is 465 g/mol. The third-order valence-electron chi connectivity index (χ3n) is 5.78. The fourth-order valence-corrected chi connectivity index (χ4v) is 3.78. The zero-order valence-electron chi connectivity index (χ0n) is 19.8. The number of hydrogen-bond donors (Lipinski definition) is 1. The summed E-state index contributed by atoms with van der Waals surface area (Å²) in [6.45, 7) is 5.48. The number of carbonyl (C=O) groups is 3. The predicted molar refractivity (Wildman–Crippen MR) is 127 cm³/mol. The van der Waals surface area contributed by atoms with E-state index in [2.05, 4.69) is 4.98 Å². The number of imide groups is 1. The summed E-state index contributed by atoms with van der Waals surface area (Å²) in [6.07, 6.45) is 8.97. The van der Waals surface area contributed by atoms with Crippen molar-refractivity contribution in [3.05, 3.63) is 72.1 Å². The first-order valence-electron chi connectivity index (χ1n) is 11.4. The van der Waals surface area contributed by atoms with Crippen molar-refractivity contribution in [3.63, 3.8) is 0 Å². The fraction of sp³-hybridized carbons (Fsp3) is 0.385. The Kier molecular flexibility index (Phi) is 8.04. The van der Waals surface area contributed by atoms with Crippen LogP contribution in [-0.2, 0) is 22.6 Å². The number of benzene rings is 1. The number of aliphatic carboxylic acids is 1. The van der Waals surface area contributed by atoms with E-state index in [9.17, 15) is 19.5 Å². The van der Waals surface area contributed by atoms with Gasteiger partial charge < -0.3 is 14.7 Å². The van der Waals surface area contributed by atoms with Crippen molar-refractivity contribution in [2.75, 3.05) is 6.54 Å². The van der Waals surface area contributed by atoms with Crippen LogP contribution in [0.25, 0.3) is 0 Å². The molecule has 1 aromatic carbocycles. The molecular formula is C26H31N3O5. The molecule has 1 aliphatic heterocycles. The maximum atomic E-state index is 13.0. The van der Waals surface area contributed by atoms with Crippen LogP contribution in [0.3, 0.4) is 0 Å². The van der Waals surface area contributed by atoms with Crippen molar-refractivity contribution < 1.29 is 24.2 Å². The van der Waals surface area contributed by atoms with Gasteiger partial charge in [0.1, 0.15) is 11.8 Å². The van der Waals surface area contributed by atoms with Crippen molar-refractivity contribution in [2.45, 2.75) is 58.2 Å². The van der Waals surface area contributed by atoms with E-state index in [4.69, 9.17) is 4.74 Å². The van der Waals surface area contributed by atoms with E-state index in [0.29, 0.717) is 18.7 Å². The highest BCUT2D eigenvalue weighted by Crippen LogP contribution is 2.25. The van der Waals surface area contributed by atoms with Gasteiger partial charge in [0.05, 0.1) is 0 Å². The van der Waals surface area contributed by atoms with Crippen LogP contribution >= 0.6 is 0 Å². The molecule has 0 aliphatic carbocycles. The summed E-state index contributed by atoms with van der Waals surface area (Å²) in [5.41, 5.74) is 0.659. The number of amides is 3. The molecule has 1 atom stereocenters. The SMILES string of the molecule is C/C=C/CN1C(=O)C(CCCc2ccc(OC(C)(C)C(=O)O)cc2)N(Cc2ccncc2)C1=O. The Morgan fingerprint density at radius 2 is 1.79 bits per heavy atom. The van der Waals surface area contributed by atoms with Gasteiger partial charge in [0.2, 0.25) is 0 Å². The smallest absolute Gasteiger partial charge is 0.347 e. The lowest BCUT2D eigenvalue weighted by atomic mass is 10.0. The van der Waals surface area contributed by atoms with Crippen LogP contribution in [0.5, 0.6) is 5.75 Å². The summed E-state index contributed by atoms with van der Waals surface area (Å²) in [4.78, 5) is 44.3. The number of ether oxygens (including phenoxy) is 1. The van der Waals surface area contributed by atoms with E-state index in [1.807, 2.05) is 37.3 Å². The van der Waals surface area contributed by atoms with Gasteiger partial charge in [0.15, 0.2) is 5.60 Å². The highest BCUT2D eigenvalue weighted by Gasteiger charge is 2.43. The van der Waals surface area contributed by atoms with Crippen LogP contribution in [0.15, 0.2) is 60.9 Å². The van der Waals surface area contributed by atoms with E-state index < -0.39 is 17.6 Å². The van der Waals surface area contributed by atoms with Gasteiger partial charge >= 0.3 is 12.0 Å². The predicted octanol–water partition coefficient (Wildman–Crippen LogP) is 4.06. The summed E-state index contributed by atoms with van der Waals surface area (Å²) in [7, 11) is 0. The average Bonchev–Trinajstić information content (AvgIpc) is 3.03. The number of allylic oxidation sites excluding steroid dienone is 1. The second-order valence-corrected chi connectivity index (χ2v) is 8.75. The lowest BCUT2D eigenvalue weighted by molar-refractivity contribution is -0.152. The number of rotatable bonds is 11. The number of carboxylic acid groups (broad SMARTS) is 1. The second kappa shape index (κ2) is 11.0. The van der Waals surface area contributed by atoms with Crippen molar-refractivity contribution in [3.8, 4) is 5.75 Å². The molecule has 34 heavy (non-hydrogen) atoms. The minimum Gasteiger partial charge on any atom is -0.478 e. The summed E-state index contributed by atoms with van der Waals surface area (Å²) in [6, 6.07) is 10.2. The van der Waals surface area contributed by atoms with Crippen LogP contribution in [0.2, 0.25) is 0 Å². The minimum absolute atomic E-state index is 0.170. The quantitative estimate of drug-likeness (QED) is 0.397.